The summed E-state index contributed by atoms with van der Waals surface area (Å²) in [6.45, 7) is 4.04. The van der Waals surface area contributed by atoms with Gasteiger partial charge in [0.25, 0.3) is 5.91 Å². The number of nitrogens with one attached hydrogen (secondary N) is 1. The molecule has 0 saturated heterocycles. The highest BCUT2D eigenvalue weighted by Gasteiger charge is 2.21. The first-order valence-corrected chi connectivity index (χ1v) is 6.77. The summed E-state index contributed by atoms with van der Waals surface area (Å²) in [6, 6.07) is 2.10. The summed E-state index contributed by atoms with van der Waals surface area (Å²) in [7, 11) is 0. The number of thiophene rings is 1. The SMILES string of the molecule is Cc1cc(C(=O)NC2CCC(=O)CC2)sc1C. The van der Waals surface area contributed by atoms with Gasteiger partial charge in [-0.15, -0.1) is 11.3 Å². The van der Waals surface area contributed by atoms with Gasteiger partial charge in [0.1, 0.15) is 5.78 Å². The zero-order valence-corrected chi connectivity index (χ0v) is 11.0. The summed E-state index contributed by atoms with van der Waals surface area (Å²) in [4.78, 5) is 25.0. The Labute approximate surface area is 105 Å². The predicted molar refractivity (Wildman–Crippen MR) is 68.5 cm³/mol. The van der Waals surface area contributed by atoms with Gasteiger partial charge in [0.15, 0.2) is 0 Å². The van der Waals surface area contributed by atoms with Crippen molar-refractivity contribution >= 4 is 23.0 Å². The number of Topliss-reactive ketones (excluding diaryl/α,β-unsaturated/α-hetero) is 1. The van der Waals surface area contributed by atoms with Gasteiger partial charge in [-0.1, -0.05) is 0 Å². The Bertz CT molecular complexity index is 421. The third kappa shape index (κ3) is 2.94. The lowest BCUT2D eigenvalue weighted by molar-refractivity contribution is -0.120. The molecule has 0 bridgehead atoms. The number of ketones is 1. The molecule has 92 valence electrons. The van der Waals surface area contributed by atoms with E-state index in [1.165, 1.54) is 21.8 Å². The minimum Gasteiger partial charge on any atom is -0.349 e. The Morgan fingerprint density at radius 3 is 2.53 bits per heavy atom. The predicted octanol–water partition coefficient (Wildman–Crippen LogP) is 2.61. The Morgan fingerprint density at radius 1 is 1.35 bits per heavy atom. The van der Waals surface area contributed by atoms with Gasteiger partial charge >= 0.3 is 0 Å². The maximum Gasteiger partial charge on any atom is 0.261 e. The van der Waals surface area contributed by atoms with E-state index < -0.39 is 0 Å². The van der Waals surface area contributed by atoms with E-state index in [1.54, 1.807) is 0 Å². The Morgan fingerprint density at radius 2 is 2.00 bits per heavy atom. The third-order valence-corrected chi connectivity index (χ3v) is 4.42. The van der Waals surface area contributed by atoms with E-state index in [0.717, 1.165) is 17.7 Å². The Balaban J connectivity index is 1.95. The number of hydrogen-bond acceptors (Lipinski definition) is 3. The second-order valence-electron chi connectivity index (χ2n) is 4.64. The van der Waals surface area contributed by atoms with Crippen molar-refractivity contribution in [3.05, 3.63) is 21.4 Å². The Kier molecular flexibility index (Phi) is 3.62. The molecule has 1 heterocycles. The van der Waals surface area contributed by atoms with E-state index in [2.05, 4.69) is 5.32 Å². The largest absolute Gasteiger partial charge is 0.349 e. The maximum atomic E-state index is 12.0. The molecular formula is C13H17NO2S. The number of carbonyl (C=O) groups is 2. The first-order chi connectivity index (χ1) is 8.06. The van der Waals surface area contributed by atoms with Crippen LogP contribution in [0.25, 0.3) is 0 Å². The van der Waals surface area contributed by atoms with Crippen molar-refractivity contribution in [2.75, 3.05) is 0 Å². The molecule has 1 aliphatic rings. The van der Waals surface area contributed by atoms with Gasteiger partial charge < -0.3 is 5.32 Å². The monoisotopic (exact) mass is 251 g/mol. The van der Waals surface area contributed by atoms with Crippen LogP contribution in [0.2, 0.25) is 0 Å². The van der Waals surface area contributed by atoms with Gasteiger partial charge in [-0.3, -0.25) is 9.59 Å². The number of amides is 1. The quantitative estimate of drug-likeness (QED) is 0.878. The zero-order chi connectivity index (χ0) is 12.4. The average Bonchev–Trinajstić information content (AvgIpc) is 2.63. The highest BCUT2D eigenvalue weighted by molar-refractivity contribution is 7.14. The van der Waals surface area contributed by atoms with E-state index in [0.29, 0.717) is 18.6 Å². The van der Waals surface area contributed by atoms with Gasteiger partial charge in [0.05, 0.1) is 4.88 Å². The van der Waals surface area contributed by atoms with Crippen molar-refractivity contribution < 1.29 is 9.59 Å². The van der Waals surface area contributed by atoms with Crippen LogP contribution in [0, 0.1) is 13.8 Å². The van der Waals surface area contributed by atoms with Gasteiger partial charge in [0.2, 0.25) is 0 Å². The number of aryl methyl sites for hydroxylation is 2. The molecule has 0 radical (unpaired) electrons. The van der Waals surface area contributed by atoms with Gasteiger partial charge in [-0.25, -0.2) is 0 Å². The van der Waals surface area contributed by atoms with Crippen molar-refractivity contribution in [2.24, 2.45) is 0 Å². The van der Waals surface area contributed by atoms with E-state index in [1.807, 2.05) is 19.9 Å². The molecule has 0 aliphatic heterocycles. The van der Waals surface area contributed by atoms with Crippen LogP contribution in [0.3, 0.4) is 0 Å². The maximum absolute atomic E-state index is 12.0. The summed E-state index contributed by atoms with van der Waals surface area (Å²) in [6.07, 6.45) is 2.78. The lowest BCUT2D eigenvalue weighted by atomic mass is 9.94. The molecule has 17 heavy (non-hydrogen) atoms. The van der Waals surface area contributed by atoms with Crippen LogP contribution in [0.1, 0.15) is 45.8 Å². The number of carbonyl (C=O) groups excluding carboxylic acids is 2. The molecule has 1 N–H and O–H groups in total. The number of hydrogen-bond donors (Lipinski definition) is 1. The van der Waals surface area contributed by atoms with Crippen molar-refractivity contribution in [3.63, 3.8) is 0 Å². The van der Waals surface area contributed by atoms with Crippen LogP contribution in [0.15, 0.2) is 6.07 Å². The molecule has 2 rings (SSSR count). The van der Waals surface area contributed by atoms with E-state index in [-0.39, 0.29) is 11.9 Å². The molecule has 0 spiro atoms. The molecule has 3 nitrogen and oxygen atoms in total. The average molecular weight is 251 g/mol. The molecule has 1 amide bonds. The highest BCUT2D eigenvalue weighted by atomic mass is 32.1. The molecule has 0 unspecified atom stereocenters. The summed E-state index contributed by atoms with van der Waals surface area (Å²) < 4.78 is 0. The molecule has 4 heteroatoms. The van der Waals surface area contributed by atoms with Gasteiger partial charge in [0, 0.05) is 23.8 Å². The Hall–Kier alpha value is -1.16. The second-order valence-corrected chi connectivity index (χ2v) is 5.89. The summed E-state index contributed by atoms with van der Waals surface area (Å²) in [5.41, 5.74) is 1.17. The van der Waals surface area contributed by atoms with Crippen LogP contribution in [0.5, 0.6) is 0 Å². The summed E-state index contributed by atoms with van der Waals surface area (Å²) in [5, 5.41) is 3.02. The van der Waals surface area contributed by atoms with E-state index in [9.17, 15) is 9.59 Å². The summed E-state index contributed by atoms with van der Waals surface area (Å²) >= 11 is 1.53. The molecule has 0 atom stereocenters. The van der Waals surface area contributed by atoms with Crippen LogP contribution in [-0.2, 0) is 4.79 Å². The number of rotatable bonds is 2. The minimum absolute atomic E-state index is 0.00514. The zero-order valence-electron chi connectivity index (χ0n) is 10.2. The van der Waals surface area contributed by atoms with Crippen LogP contribution in [0.4, 0.5) is 0 Å². The molecule has 1 saturated carbocycles. The first-order valence-electron chi connectivity index (χ1n) is 5.96. The lowest BCUT2D eigenvalue weighted by Gasteiger charge is -2.21. The smallest absolute Gasteiger partial charge is 0.261 e. The first kappa shape index (κ1) is 12.3. The third-order valence-electron chi connectivity index (χ3n) is 3.27. The second kappa shape index (κ2) is 5.00. The molecule has 1 aliphatic carbocycles. The van der Waals surface area contributed by atoms with Crippen molar-refractivity contribution in [2.45, 2.75) is 45.6 Å². The summed E-state index contributed by atoms with van der Waals surface area (Å²) in [5.74, 6) is 0.323. The van der Waals surface area contributed by atoms with Crippen LogP contribution >= 0.6 is 11.3 Å². The minimum atomic E-state index is 0.00514. The fraction of sp³-hybridized carbons (Fsp3) is 0.538. The van der Waals surface area contributed by atoms with Crippen LogP contribution < -0.4 is 5.32 Å². The van der Waals surface area contributed by atoms with Gasteiger partial charge in [-0.2, -0.15) is 0 Å². The molecule has 0 aromatic carbocycles. The van der Waals surface area contributed by atoms with E-state index >= 15 is 0 Å². The highest BCUT2D eigenvalue weighted by Crippen LogP contribution is 2.21. The standard InChI is InChI=1S/C13H17NO2S/c1-8-7-12(17-9(8)2)13(16)14-10-3-5-11(15)6-4-10/h7,10H,3-6H2,1-2H3,(H,14,16). The fourth-order valence-electron chi connectivity index (χ4n) is 2.03. The van der Waals surface area contributed by atoms with E-state index in [4.69, 9.17) is 0 Å². The van der Waals surface area contributed by atoms with Crippen molar-refractivity contribution in [1.29, 1.82) is 0 Å². The van der Waals surface area contributed by atoms with Crippen molar-refractivity contribution in [3.8, 4) is 0 Å². The fourth-order valence-corrected chi connectivity index (χ4v) is 2.96. The van der Waals surface area contributed by atoms with Crippen molar-refractivity contribution in [1.82, 2.24) is 5.32 Å². The van der Waals surface area contributed by atoms with Gasteiger partial charge in [-0.05, 0) is 38.3 Å². The molecular weight excluding hydrogens is 234 g/mol. The molecule has 1 aromatic rings. The molecule has 1 fully saturated rings. The topological polar surface area (TPSA) is 46.2 Å². The molecule has 1 aromatic heterocycles. The normalized spacial score (nSPS) is 17.2. The lowest BCUT2D eigenvalue weighted by Crippen LogP contribution is -2.37. The van der Waals surface area contributed by atoms with Crippen LogP contribution in [-0.4, -0.2) is 17.7 Å².